The molecule has 0 heterocycles. The number of nitrogens with one attached hydrogen (secondary N) is 1. The molecule has 0 aliphatic rings. The number of ether oxygens (including phenoxy) is 2. The fraction of sp³-hybridized carbons (Fsp3) is 0.0690. The van der Waals surface area contributed by atoms with Crippen LogP contribution in [-0.4, -0.2) is 18.1 Å². The predicted octanol–water partition coefficient (Wildman–Crippen LogP) is 6.21. The molecule has 0 unspecified atom stereocenters. The van der Waals surface area contributed by atoms with Crippen LogP contribution in [0.2, 0.25) is 5.02 Å². The standard InChI is InChI=1S/C29H23ClN2O4/c1-20-5-7-21(8-6-20)19-35-26-15-11-23(12-16-26)28(33)32-31-18-22-3-2-4-27(17-22)36-29(34)24-9-13-25(30)14-10-24/h2-18H,19H2,1H3,(H,32,33)/b31-18-. The molecule has 1 N–H and O–H groups in total. The molecule has 0 fully saturated rings. The molecule has 0 aliphatic heterocycles. The predicted molar refractivity (Wildman–Crippen MR) is 140 cm³/mol. The zero-order valence-corrected chi connectivity index (χ0v) is 20.2. The summed E-state index contributed by atoms with van der Waals surface area (Å²) < 4.78 is 11.2. The van der Waals surface area contributed by atoms with Gasteiger partial charge in [-0.2, -0.15) is 5.10 Å². The van der Waals surface area contributed by atoms with Crippen LogP contribution in [0.4, 0.5) is 0 Å². The normalized spacial score (nSPS) is 10.7. The van der Waals surface area contributed by atoms with Gasteiger partial charge in [0.25, 0.3) is 5.91 Å². The maximum absolute atomic E-state index is 12.4. The molecule has 7 heteroatoms. The third-order valence-corrected chi connectivity index (χ3v) is 5.42. The first kappa shape index (κ1) is 24.7. The summed E-state index contributed by atoms with van der Waals surface area (Å²) in [6.07, 6.45) is 1.47. The van der Waals surface area contributed by atoms with Crippen LogP contribution in [0.5, 0.6) is 11.5 Å². The Hall–Kier alpha value is -4.42. The Kier molecular flexibility index (Phi) is 8.11. The zero-order chi connectivity index (χ0) is 25.3. The molecule has 0 bridgehead atoms. The number of aryl methyl sites for hydroxylation is 1. The second kappa shape index (κ2) is 11.8. The number of carbonyl (C=O) groups excluding carboxylic acids is 2. The molecule has 0 saturated carbocycles. The number of carbonyl (C=O) groups is 2. The van der Waals surface area contributed by atoms with E-state index < -0.39 is 5.97 Å². The summed E-state index contributed by atoms with van der Waals surface area (Å²) in [5.74, 6) is 0.161. The minimum absolute atomic E-state index is 0.353. The van der Waals surface area contributed by atoms with Gasteiger partial charge in [-0.05, 0) is 78.7 Å². The third kappa shape index (κ3) is 7.04. The summed E-state index contributed by atoms with van der Waals surface area (Å²) >= 11 is 5.85. The summed E-state index contributed by atoms with van der Waals surface area (Å²) in [5.41, 5.74) is 6.24. The average Bonchev–Trinajstić information content (AvgIpc) is 2.89. The number of hydrogen-bond acceptors (Lipinski definition) is 5. The lowest BCUT2D eigenvalue weighted by molar-refractivity contribution is 0.0734. The first-order valence-corrected chi connectivity index (χ1v) is 11.5. The number of esters is 1. The van der Waals surface area contributed by atoms with Crippen molar-refractivity contribution in [3.8, 4) is 11.5 Å². The van der Waals surface area contributed by atoms with E-state index in [4.69, 9.17) is 21.1 Å². The van der Waals surface area contributed by atoms with Crippen molar-refractivity contribution in [2.24, 2.45) is 5.10 Å². The van der Waals surface area contributed by atoms with Crippen molar-refractivity contribution in [3.05, 3.63) is 130 Å². The van der Waals surface area contributed by atoms with E-state index in [2.05, 4.69) is 10.5 Å². The van der Waals surface area contributed by atoms with Crippen LogP contribution in [0.25, 0.3) is 0 Å². The van der Waals surface area contributed by atoms with Crippen molar-refractivity contribution in [2.75, 3.05) is 0 Å². The molecule has 1 amide bonds. The summed E-state index contributed by atoms with van der Waals surface area (Å²) in [7, 11) is 0. The van der Waals surface area contributed by atoms with E-state index in [0.29, 0.717) is 39.8 Å². The van der Waals surface area contributed by atoms with Crippen LogP contribution in [0.3, 0.4) is 0 Å². The molecule has 0 aromatic heterocycles. The van der Waals surface area contributed by atoms with Gasteiger partial charge in [-0.3, -0.25) is 4.79 Å². The molecule has 0 saturated heterocycles. The topological polar surface area (TPSA) is 77.0 Å². The molecule has 180 valence electrons. The lowest BCUT2D eigenvalue weighted by Gasteiger charge is -2.07. The Bertz CT molecular complexity index is 1370. The van der Waals surface area contributed by atoms with Crippen molar-refractivity contribution in [1.82, 2.24) is 5.43 Å². The van der Waals surface area contributed by atoms with E-state index in [0.717, 1.165) is 5.56 Å². The van der Waals surface area contributed by atoms with Gasteiger partial charge in [0.05, 0.1) is 11.8 Å². The smallest absolute Gasteiger partial charge is 0.343 e. The molecule has 4 aromatic carbocycles. The first-order valence-electron chi connectivity index (χ1n) is 11.2. The number of amides is 1. The monoisotopic (exact) mass is 498 g/mol. The minimum Gasteiger partial charge on any atom is -0.489 e. The van der Waals surface area contributed by atoms with Crippen molar-refractivity contribution in [1.29, 1.82) is 0 Å². The molecule has 4 aromatic rings. The van der Waals surface area contributed by atoms with Crippen molar-refractivity contribution in [3.63, 3.8) is 0 Å². The fourth-order valence-corrected chi connectivity index (χ4v) is 3.32. The summed E-state index contributed by atoms with van der Waals surface area (Å²) in [6.45, 7) is 2.49. The molecule has 0 spiro atoms. The van der Waals surface area contributed by atoms with Gasteiger partial charge >= 0.3 is 5.97 Å². The molecule has 0 atom stereocenters. The molecular weight excluding hydrogens is 476 g/mol. The summed E-state index contributed by atoms with van der Waals surface area (Å²) in [6, 6.07) is 28.2. The van der Waals surface area contributed by atoms with Crippen molar-refractivity contribution >= 4 is 29.7 Å². The van der Waals surface area contributed by atoms with E-state index in [9.17, 15) is 9.59 Å². The number of halogens is 1. The maximum Gasteiger partial charge on any atom is 0.343 e. The van der Waals surface area contributed by atoms with Gasteiger partial charge in [-0.15, -0.1) is 0 Å². The van der Waals surface area contributed by atoms with E-state index >= 15 is 0 Å². The Morgan fingerprint density at radius 2 is 1.56 bits per heavy atom. The van der Waals surface area contributed by atoms with E-state index in [1.165, 1.54) is 11.8 Å². The van der Waals surface area contributed by atoms with Crippen molar-refractivity contribution < 1.29 is 19.1 Å². The van der Waals surface area contributed by atoms with Gasteiger partial charge in [0.15, 0.2) is 0 Å². The van der Waals surface area contributed by atoms with Crippen molar-refractivity contribution in [2.45, 2.75) is 13.5 Å². The van der Waals surface area contributed by atoms with Gasteiger partial charge in [0.1, 0.15) is 18.1 Å². The molecular formula is C29H23ClN2O4. The highest BCUT2D eigenvalue weighted by Crippen LogP contribution is 2.17. The quantitative estimate of drug-likeness (QED) is 0.135. The summed E-state index contributed by atoms with van der Waals surface area (Å²) in [4.78, 5) is 24.7. The van der Waals surface area contributed by atoms with Gasteiger partial charge < -0.3 is 9.47 Å². The van der Waals surface area contributed by atoms with Gasteiger partial charge in [-0.25, -0.2) is 10.2 Å². The van der Waals surface area contributed by atoms with Crippen LogP contribution in [0.15, 0.2) is 102 Å². The highest BCUT2D eigenvalue weighted by molar-refractivity contribution is 6.30. The molecule has 36 heavy (non-hydrogen) atoms. The van der Waals surface area contributed by atoms with Crippen LogP contribution in [0, 0.1) is 6.92 Å². The van der Waals surface area contributed by atoms with Crippen LogP contribution in [-0.2, 0) is 6.61 Å². The fourth-order valence-electron chi connectivity index (χ4n) is 3.19. The van der Waals surface area contributed by atoms with Crippen LogP contribution in [0.1, 0.15) is 37.4 Å². The van der Waals surface area contributed by atoms with Gasteiger partial charge in [0, 0.05) is 10.6 Å². The second-order valence-corrected chi connectivity index (χ2v) is 8.40. The van der Waals surface area contributed by atoms with Crippen LogP contribution < -0.4 is 14.9 Å². The molecule has 0 radical (unpaired) electrons. The minimum atomic E-state index is -0.500. The Labute approximate surface area is 214 Å². The van der Waals surface area contributed by atoms with E-state index in [1.54, 1.807) is 72.8 Å². The largest absolute Gasteiger partial charge is 0.489 e. The Balaban J connectivity index is 1.29. The van der Waals surface area contributed by atoms with Gasteiger partial charge in [-0.1, -0.05) is 53.6 Å². The highest BCUT2D eigenvalue weighted by atomic mass is 35.5. The number of benzene rings is 4. The maximum atomic E-state index is 12.4. The Morgan fingerprint density at radius 1 is 0.861 bits per heavy atom. The highest BCUT2D eigenvalue weighted by Gasteiger charge is 2.09. The van der Waals surface area contributed by atoms with Crippen LogP contribution >= 0.6 is 11.6 Å². The van der Waals surface area contributed by atoms with E-state index in [1.807, 2.05) is 31.2 Å². The zero-order valence-electron chi connectivity index (χ0n) is 19.5. The SMILES string of the molecule is Cc1ccc(COc2ccc(C(=O)N/N=C\c3cccc(OC(=O)c4ccc(Cl)cc4)c3)cc2)cc1. The molecule has 4 rings (SSSR count). The number of hydrogen-bond donors (Lipinski definition) is 1. The average molecular weight is 499 g/mol. The molecule has 0 aliphatic carbocycles. The molecule has 6 nitrogen and oxygen atoms in total. The summed E-state index contributed by atoms with van der Waals surface area (Å²) in [5, 5.41) is 4.54. The van der Waals surface area contributed by atoms with E-state index in [-0.39, 0.29) is 5.91 Å². The third-order valence-electron chi connectivity index (χ3n) is 5.17. The Morgan fingerprint density at radius 3 is 2.28 bits per heavy atom. The number of nitrogens with zero attached hydrogens (tertiary/aromatic N) is 1. The number of rotatable bonds is 8. The first-order chi connectivity index (χ1) is 17.5. The number of hydrazone groups is 1. The lowest BCUT2D eigenvalue weighted by atomic mass is 10.2. The second-order valence-electron chi connectivity index (χ2n) is 7.97. The van der Waals surface area contributed by atoms with Gasteiger partial charge in [0.2, 0.25) is 0 Å². The lowest BCUT2D eigenvalue weighted by Crippen LogP contribution is -2.17.